The first-order valence-corrected chi connectivity index (χ1v) is 5.24. The Balaban J connectivity index is 3.48. The summed E-state index contributed by atoms with van der Waals surface area (Å²) in [5.74, 6) is -0.310. The molecule has 0 atom stereocenters. The summed E-state index contributed by atoms with van der Waals surface area (Å²) in [6.45, 7) is 7.31. The molecule has 0 fully saturated rings. The van der Waals surface area contributed by atoms with Crippen molar-refractivity contribution in [1.29, 1.82) is 0 Å². The van der Waals surface area contributed by atoms with Gasteiger partial charge in [-0.25, -0.2) is 4.79 Å². The Kier molecular flexibility index (Phi) is 8.44. The van der Waals surface area contributed by atoms with Gasteiger partial charge in [-0.1, -0.05) is 24.8 Å². The minimum Gasteiger partial charge on any atom is -0.466 e. The van der Waals surface area contributed by atoms with E-state index in [0.717, 1.165) is 25.7 Å². The fourth-order valence-corrected chi connectivity index (χ4v) is 1.12. The average Bonchev–Trinajstić information content (AvgIpc) is 2.26. The van der Waals surface area contributed by atoms with Crippen molar-refractivity contribution in [3.8, 4) is 0 Å². The molecule has 0 aliphatic carbocycles. The van der Waals surface area contributed by atoms with Gasteiger partial charge >= 0.3 is 5.97 Å². The molecule has 0 aromatic heterocycles. The second-order valence-electron chi connectivity index (χ2n) is 3.32. The summed E-state index contributed by atoms with van der Waals surface area (Å²) in [7, 11) is 1.37. The van der Waals surface area contributed by atoms with Crippen LogP contribution in [0.15, 0.2) is 37.0 Å². The normalized spacial score (nSPS) is 10.2. The Bertz CT molecular complexity index is 239. The van der Waals surface area contributed by atoms with Gasteiger partial charge in [-0.05, 0) is 32.1 Å². The van der Waals surface area contributed by atoms with Gasteiger partial charge in [-0.3, -0.25) is 0 Å². The number of esters is 1. The number of hydrogen-bond donors (Lipinski definition) is 0. The Hall–Kier alpha value is -1.31. The highest BCUT2D eigenvalue weighted by Crippen LogP contribution is 2.06. The van der Waals surface area contributed by atoms with Crippen molar-refractivity contribution in [3.05, 3.63) is 37.0 Å². The lowest BCUT2D eigenvalue weighted by molar-refractivity contribution is -0.136. The number of allylic oxidation sites excluding steroid dienone is 3. The van der Waals surface area contributed by atoms with E-state index in [1.54, 1.807) is 0 Å². The van der Waals surface area contributed by atoms with Gasteiger partial charge in [0.15, 0.2) is 0 Å². The maximum Gasteiger partial charge on any atom is 0.333 e. The van der Waals surface area contributed by atoms with Gasteiger partial charge in [0.05, 0.1) is 7.11 Å². The quantitative estimate of drug-likeness (QED) is 0.264. The van der Waals surface area contributed by atoms with Crippen LogP contribution < -0.4 is 0 Å². The zero-order valence-electron chi connectivity index (χ0n) is 9.50. The van der Waals surface area contributed by atoms with Gasteiger partial charge in [0.2, 0.25) is 0 Å². The molecule has 0 bridgehead atoms. The van der Waals surface area contributed by atoms with E-state index in [1.807, 2.05) is 6.08 Å². The molecule has 0 rings (SSSR count). The molecule has 0 aromatic rings. The number of carbonyl (C=O) groups excluding carboxylic acids is 1. The number of hydrogen-bond acceptors (Lipinski definition) is 2. The minimum atomic E-state index is -0.310. The van der Waals surface area contributed by atoms with Gasteiger partial charge in [-0.2, -0.15) is 0 Å². The fraction of sp³-hybridized carbons (Fsp3) is 0.462. The molecule has 2 heteroatoms. The van der Waals surface area contributed by atoms with Gasteiger partial charge in [0.25, 0.3) is 0 Å². The van der Waals surface area contributed by atoms with E-state index in [-0.39, 0.29) is 5.97 Å². The van der Waals surface area contributed by atoms with Crippen molar-refractivity contribution in [2.45, 2.75) is 32.1 Å². The Morgan fingerprint density at radius 2 is 1.93 bits per heavy atom. The molecule has 0 unspecified atom stereocenters. The van der Waals surface area contributed by atoms with Crippen LogP contribution in [0, 0.1) is 0 Å². The summed E-state index contributed by atoms with van der Waals surface area (Å²) in [6.07, 6.45) is 10.9. The van der Waals surface area contributed by atoms with Crippen LogP contribution in [-0.2, 0) is 9.53 Å². The van der Waals surface area contributed by atoms with Gasteiger partial charge < -0.3 is 4.74 Å². The van der Waals surface area contributed by atoms with Crippen molar-refractivity contribution >= 4 is 5.97 Å². The maximum absolute atomic E-state index is 11.0. The summed E-state index contributed by atoms with van der Waals surface area (Å²) in [5.41, 5.74) is 0.535. The molecule has 2 nitrogen and oxygen atoms in total. The lowest BCUT2D eigenvalue weighted by Crippen LogP contribution is -2.02. The third-order valence-electron chi connectivity index (χ3n) is 2.03. The second-order valence-corrected chi connectivity index (χ2v) is 3.32. The zero-order chi connectivity index (χ0) is 11.5. The van der Waals surface area contributed by atoms with Gasteiger partial charge in [-0.15, -0.1) is 6.58 Å². The standard InChI is InChI=1S/C13H20O2/c1-4-5-6-7-8-9-10-11-12(2)13(14)15-3/h4,8-9H,1-2,5-7,10-11H2,3H3. The lowest BCUT2D eigenvalue weighted by atomic mass is 10.1. The molecule has 84 valence electrons. The molecule has 0 aliphatic heterocycles. The average molecular weight is 208 g/mol. The topological polar surface area (TPSA) is 26.3 Å². The van der Waals surface area contributed by atoms with Crippen molar-refractivity contribution in [2.24, 2.45) is 0 Å². The highest BCUT2D eigenvalue weighted by atomic mass is 16.5. The third-order valence-corrected chi connectivity index (χ3v) is 2.03. The maximum atomic E-state index is 11.0. The molecule has 0 aliphatic rings. The van der Waals surface area contributed by atoms with Crippen molar-refractivity contribution in [2.75, 3.05) is 7.11 Å². The number of carbonyl (C=O) groups is 1. The molecule has 0 amide bonds. The predicted molar refractivity (Wildman–Crippen MR) is 63.6 cm³/mol. The van der Waals surface area contributed by atoms with Crippen LogP contribution >= 0.6 is 0 Å². The van der Waals surface area contributed by atoms with E-state index >= 15 is 0 Å². The molecular weight excluding hydrogens is 188 g/mol. The van der Waals surface area contributed by atoms with E-state index in [9.17, 15) is 4.79 Å². The fourth-order valence-electron chi connectivity index (χ4n) is 1.12. The van der Waals surface area contributed by atoms with Crippen LogP contribution in [0.2, 0.25) is 0 Å². The lowest BCUT2D eigenvalue weighted by Gasteiger charge is -1.99. The molecule has 0 heterocycles. The van der Waals surface area contributed by atoms with Crippen molar-refractivity contribution in [3.63, 3.8) is 0 Å². The monoisotopic (exact) mass is 208 g/mol. The number of rotatable bonds is 8. The largest absolute Gasteiger partial charge is 0.466 e. The second kappa shape index (κ2) is 9.25. The van der Waals surface area contributed by atoms with E-state index in [2.05, 4.69) is 30.0 Å². The van der Waals surface area contributed by atoms with Crippen LogP contribution in [0.3, 0.4) is 0 Å². The van der Waals surface area contributed by atoms with Crippen LogP contribution in [0.5, 0.6) is 0 Å². The van der Waals surface area contributed by atoms with E-state index < -0.39 is 0 Å². The summed E-state index contributed by atoms with van der Waals surface area (Å²) >= 11 is 0. The number of ether oxygens (including phenoxy) is 1. The van der Waals surface area contributed by atoms with Gasteiger partial charge in [0.1, 0.15) is 0 Å². The molecular formula is C13H20O2. The van der Waals surface area contributed by atoms with Crippen molar-refractivity contribution in [1.82, 2.24) is 0 Å². The van der Waals surface area contributed by atoms with Crippen molar-refractivity contribution < 1.29 is 9.53 Å². The Labute approximate surface area is 92.3 Å². The first-order valence-electron chi connectivity index (χ1n) is 5.24. The van der Waals surface area contributed by atoms with Crippen LogP contribution in [0.1, 0.15) is 32.1 Å². The summed E-state index contributed by atoms with van der Waals surface area (Å²) in [4.78, 5) is 11.0. The molecule has 0 saturated carbocycles. The predicted octanol–water partition coefficient (Wildman–Crippen LogP) is 3.41. The van der Waals surface area contributed by atoms with Crippen LogP contribution in [-0.4, -0.2) is 13.1 Å². The number of unbranched alkanes of at least 4 members (excludes halogenated alkanes) is 2. The van der Waals surface area contributed by atoms with E-state index in [4.69, 9.17) is 0 Å². The molecule has 0 aromatic carbocycles. The highest BCUT2D eigenvalue weighted by Gasteiger charge is 2.03. The van der Waals surface area contributed by atoms with Crippen LogP contribution in [0.4, 0.5) is 0 Å². The Morgan fingerprint density at radius 3 is 2.53 bits per heavy atom. The zero-order valence-corrected chi connectivity index (χ0v) is 9.50. The summed E-state index contributed by atoms with van der Waals surface area (Å²) in [5, 5.41) is 0. The van der Waals surface area contributed by atoms with Gasteiger partial charge in [0, 0.05) is 5.57 Å². The Morgan fingerprint density at radius 1 is 1.27 bits per heavy atom. The summed E-state index contributed by atoms with van der Waals surface area (Å²) in [6, 6.07) is 0. The molecule has 0 radical (unpaired) electrons. The number of methoxy groups -OCH3 is 1. The molecule has 0 saturated heterocycles. The SMILES string of the molecule is C=CCCCC=CCCC(=C)C(=O)OC. The minimum absolute atomic E-state index is 0.310. The molecule has 15 heavy (non-hydrogen) atoms. The summed E-state index contributed by atoms with van der Waals surface area (Å²) < 4.78 is 4.55. The van der Waals surface area contributed by atoms with E-state index in [1.165, 1.54) is 7.11 Å². The van der Waals surface area contributed by atoms with E-state index in [0.29, 0.717) is 12.0 Å². The smallest absolute Gasteiger partial charge is 0.333 e. The molecule has 0 N–H and O–H groups in total. The van der Waals surface area contributed by atoms with Crippen LogP contribution in [0.25, 0.3) is 0 Å². The molecule has 0 spiro atoms. The third kappa shape index (κ3) is 7.74. The first kappa shape index (κ1) is 13.7. The first-order chi connectivity index (χ1) is 7.22. The highest BCUT2D eigenvalue weighted by molar-refractivity contribution is 5.87.